The Kier molecular flexibility index (Phi) is 3.17. The van der Waals surface area contributed by atoms with Gasteiger partial charge in [0.05, 0.1) is 0 Å². The predicted molar refractivity (Wildman–Crippen MR) is 63.7 cm³/mol. The molecule has 0 radical (unpaired) electrons. The number of hydrogen-bond donors (Lipinski definition) is 0. The molecule has 0 aromatic rings. The Morgan fingerprint density at radius 1 is 1.33 bits per heavy atom. The van der Waals surface area contributed by atoms with Gasteiger partial charge in [0.1, 0.15) is 17.9 Å². The zero-order valence-corrected chi connectivity index (χ0v) is 11.1. The van der Waals surface area contributed by atoms with Crippen LogP contribution in [-0.4, -0.2) is 40.7 Å². The van der Waals surface area contributed by atoms with Gasteiger partial charge in [-0.2, -0.15) is 0 Å². The second kappa shape index (κ2) is 4.37. The van der Waals surface area contributed by atoms with Gasteiger partial charge < -0.3 is 9.64 Å². The van der Waals surface area contributed by atoms with E-state index in [0.29, 0.717) is 19.3 Å². The molecule has 2 aliphatic rings. The minimum atomic E-state index is -0.535. The number of nitrogens with zero attached hydrogens (tertiary/aromatic N) is 1. The highest BCUT2D eigenvalue weighted by Gasteiger charge is 2.44. The van der Waals surface area contributed by atoms with Gasteiger partial charge in [-0.25, -0.2) is 0 Å². The average molecular weight is 253 g/mol. The molecule has 100 valence electrons. The largest absolute Gasteiger partial charge is 0.459 e. The van der Waals surface area contributed by atoms with Crippen LogP contribution in [0.4, 0.5) is 0 Å². The molecule has 1 heterocycles. The topological polar surface area (TPSA) is 63.7 Å². The van der Waals surface area contributed by atoms with E-state index in [-0.39, 0.29) is 36.2 Å². The number of rotatable bonds is 4. The fraction of sp³-hybridized carbons (Fsp3) is 0.769. The highest BCUT2D eigenvalue weighted by atomic mass is 16.6. The van der Waals surface area contributed by atoms with Crippen LogP contribution in [0.5, 0.6) is 0 Å². The third-order valence-corrected chi connectivity index (χ3v) is 3.19. The molecule has 0 aromatic heterocycles. The number of Topliss-reactive ketones (excluding diaryl/α,β-unsaturated/α-hetero) is 1. The summed E-state index contributed by atoms with van der Waals surface area (Å²) in [5.41, 5.74) is -0.535. The fourth-order valence-corrected chi connectivity index (χ4v) is 2.19. The molecule has 2 atom stereocenters. The van der Waals surface area contributed by atoms with Gasteiger partial charge in [0, 0.05) is 24.8 Å². The molecule has 1 aliphatic carbocycles. The lowest BCUT2D eigenvalue weighted by Crippen LogP contribution is -2.55. The molecule has 2 fully saturated rings. The first-order valence-corrected chi connectivity index (χ1v) is 6.30. The van der Waals surface area contributed by atoms with Crippen molar-refractivity contribution in [1.29, 1.82) is 0 Å². The monoisotopic (exact) mass is 253 g/mol. The zero-order valence-electron chi connectivity index (χ0n) is 11.1. The van der Waals surface area contributed by atoms with Crippen molar-refractivity contribution >= 4 is 17.7 Å². The molecule has 5 nitrogen and oxygen atoms in total. The average Bonchev–Trinajstić information content (AvgIpc) is 2.88. The number of carbonyl (C=O) groups is 3. The Labute approximate surface area is 106 Å². The first-order valence-electron chi connectivity index (χ1n) is 6.30. The molecular weight excluding hydrogens is 234 g/mol. The molecule has 0 spiro atoms. The summed E-state index contributed by atoms with van der Waals surface area (Å²) in [4.78, 5) is 35.6. The number of esters is 1. The van der Waals surface area contributed by atoms with E-state index in [4.69, 9.17) is 4.74 Å². The van der Waals surface area contributed by atoms with Crippen LogP contribution in [0.1, 0.15) is 40.0 Å². The number of likely N-dealkylation sites (tertiary alicyclic amines) is 1. The van der Waals surface area contributed by atoms with Gasteiger partial charge in [-0.05, 0) is 27.2 Å². The van der Waals surface area contributed by atoms with Gasteiger partial charge in [-0.1, -0.05) is 0 Å². The Balaban J connectivity index is 1.81. The Bertz CT molecular complexity index is 396. The highest BCUT2D eigenvalue weighted by molar-refractivity contribution is 5.96. The highest BCUT2D eigenvalue weighted by Crippen LogP contribution is 2.35. The standard InChI is InChI=1S/C13H19NO4/c1-13(2,3)18-12(17)7-14-9(6-11(14)16)4-8-5-10(8)15/h8-9H,4-7H2,1-3H3. The molecule has 18 heavy (non-hydrogen) atoms. The van der Waals surface area contributed by atoms with Crippen LogP contribution in [-0.2, 0) is 19.1 Å². The summed E-state index contributed by atoms with van der Waals surface area (Å²) in [5.74, 6) is -0.0302. The Morgan fingerprint density at radius 2 is 1.94 bits per heavy atom. The number of ketones is 1. The third kappa shape index (κ3) is 3.09. The summed E-state index contributed by atoms with van der Waals surface area (Å²) < 4.78 is 5.18. The normalized spacial score (nSPS) is 26.9. The molecule has 0 N–H and O–H groups in total. The van der Waals surface area contributed by atoms with Crippen molar-refractivity contribution in [2.24, 2.45) is 5.92 Å². The Morgan fingerprint density at radius 3 is 2.39 bits per heavy atom. The van der Waals surface area contributed by atoms with Crippen LogP contribution in [0.15, 0.2) is 0 Å². The molecule has 1 amide bonds. The molecule has 1 aliphatic heterocycles. The minimum Gasteiger partial charge on any atom is -0.459 e. The lowest BCUT2D eigenvalue weighted by molar-refractivity contribution is -0.165. The quantitative estimate of drug-likeness (QED) is 0.552. The molecule has 0 bridgehead atoms. The van der Waals surface area contributed by atoms with Gasteiger partial charge in [-0.3, -0.25) is 14.4 Å². The summed E-state index contributed by atoms with van der Waals surface area (Å²) in [5, 5.41) is 0. The first kappa shape index (κ1) is 13.1. The van der Waals surface area contributed by atoms with E-state index in [9.17, 15) is 14.4 Å². The molecule has 2 rings (SSSR count). The Hall–Kier alpha value is -1.39. The van der Waals surface area contributed by atoms with E-state index in [1.807, 2.05) is 0 Å². The molecular formula is C13H19NO4. The molecule has 5 heteroatoms. The second-order valence-electron chi connectivity index (χ2n) is 6.07. The smallest absolute Gasteiger partial charge is 0.326 e. The van der Waals surface area contributed by atoms with Crippen LogP contribution >= 0.6 is 0 Å². The van der Waals surface area contributed by atoms with Crippen molar-refractivity contribution in [3.63, 3.8) is 0 Å². The first-order chi connectivity index (χ1) is 8.26. The van der Waals surface area contributed by atoms with E-state index in [2.05, 4.69) is 0 Å². The van der Waals surface area contributed by atoms with E-state index >= 15 is 0 Å². The van der Waals surface area contributed by atoms with Gasteiger partial charge in [-0.15, -0.1) is 0 Å². The number of ether oxygens (including phenoxy) is 1. The fourth-order valence-electron chi connectivity index (χ4n) is 2.19. The SMILES string of the molecule is CC(C)(C)OC(=O)CN1C(=O)CC1CC1CC1=O. The van der Waals surface area contributed by atoms with Crippen LogP contribution < -0.4 is 0 Å². The lowest BCUT2D eigenvalue weighted by atomic mass is 9.96. The van der Waals surface area contributed by atoms with E-state index < -0.39 is 5.60 Å². The number of carbonyl (C=O) groups excluding carboxylic acids is 3. The van der Waals surface area contributed by atoms with Crippen LogP contribution in [0.2, 0.25) is 0 Å². The molecule has 1 saturated carbocycles. The second-order valence-corrected chi connectivity index (χ2v) is 6.07. The number of amides is 1. The van der Waals surface area contributed by atoms with Gasteiger partial charge >= 0.3 is 5.97 Å². The minimum absolute atomic E-state index is 0.00167. The van der Waals surface area contributed by atoms with E-state index in [1.165, 1.54) is 4.90 Å². The van der Waals surface area contributed by atoms with Gasteiger partial charge in [0.2, 0.25) is 5.91 Å². The summed E-state index contributed by atoms with van der Waals surface area (Å²) in [6.07, 6.45) is 1.78. The van der Waals surface area contributed by atoms with Crippen molar-refractivity contribution in [3.8, 4) is 0 Å². The maximum absolute atomic E-state index is 11.6. The summed E-state index contributed by atoms with van der Waals surface area (Å²) in [6.45, 7) is 5.39. The van der Waals surface area contributed by atoms with Crippen molar-refractivity contribution in [2.45, 2.75) is 51.7 Å². The van der Waals surface area contributed by atoms with Crippen molar-refractivity contribution in [3.05, 3.63) is 0 Å². The molecule has 0 aromatic carbocycles. The van der Waals surface area contributed by atoms with Crippen molar-refractivity contribution in [2.75, 3.05) is 6.54 Å². The van der Waals surface area contributed by atoms with E-state index in [0.717, 1.165) is 0 Å². The molecule has 1 saturated heterocycles. The molecule has 2 unspecified atom stereocenters. The summed E-state index contributed by atoms with van der Waals surface area (Å²) in [6, 6.07) is 0.0430. The summed E-state index contributed by atoms with van der Waals surface area (Å²) in [7, 11) is 0. The van der Waals surface area contributed by atoms with Crippen LogP contribution in [0.25, 0.3) is 0 Å². The third-order valence-electron chi connectivity index (χ3n) is 3.19. The van der Waals surface area contributed by atoms with Crippen molar-refractivity contribution in [1.82, 2.24) is 4.90 Å². The predicted octanol–water partition coefficient (Wildman–Crippen LogP) is 0.908. The summed E-state index contributed by atoms with van der Waals surface area (Å²) >= 11 is 0. The zero-order chi connectivity index (χ0) is 13.5. The van der Waals surface area contributed by atoms with Crippen LogP contribution in [0.3, 0.4) is 0 Å². The van der Waals surface area contributed by atoms with Crippen LogP contribution in [0, 0.1) is 5.92 Å². The van der Waals surface area contributed by atoms with Gasteiger partial charge in [0.25, 0.3) is 0 Å². The number of β-lactam (4-membered cyclic amide) rings is 1. The lowest BCUT2D eigenvalue weighted by Gasteiger charge is -2.40. The maximum Gasteiger partial charge on any atom is 0.326 e. The maximum atomic E-state index is 11.6. The number of hydrogen-bond acceptors (Lipinski definition) is 4. The van der Waals surface area contributed by atoms with Crippen molar-refractivity contribution < 1.29 is 19.1 Å². The van der Waals surface area contributed by atoms with Gasteiger partial charge in [0.15, 0.2) is 0 Å². The van der Waals surface area contributed by atoms with E-state index in [1.54, 1.807) is 20.8 Å².